The van der Waals surface area contributed by atoms with Gasteiger partial charge in [0.25, 0.3) is 0 Å². The molecule has 0 bridgehead atoms. The molecule has 5 heteroatoms. The van der Waals surface area contributed by atoms with Crippen molar-refractivity contribution in [2.45, 2.75) is 13.0 Å². The number of anilines is 2. The van der Waals surface area contributed by atoms with E-state index < -0.39 is 6.04 Å². The van der Waals surface area contributed by atoms with E-state index in [1.165, 1.54) is 0 Å². The summed E-state index contributed by atoms with van der Waals surface area (Å²) in [5.41, 5.74) is 12.4. The number of para-hydroxylation sites is 1. The zero-order chi connectivity index (χ0) is 21.5. The van der Waals surface area contributed by atoms with Gasteiger partial charge in [-0.25, -0.2) is 0 Å². The molecule has 0 saturated heterocycles. The molecule has 3 aromatic rings. The van der Waals surface area contributed by atoms with Crippen LogP contribution in [-0.2, 0) is 0 Å². The first-order chi connectivity index (χ1) is 14.5. The van der Waals surface area contributed by atoms with Crippen LogP contribution in [0.25, 0.3) is 6.08 Å². The minimum atomic E-state index is -0.466. The summed E-state index contributed by atoms with van der Waals surface area (Å²) < 4.78 is 0. The fourth-order valence-electron chi connectivity index (χ4n) is 3.23. The van der Waals surface area contributed by atoms with Crippen LogP contribution in [-0.4, -0.2) is 23.8 Å². The number of aromatic nitrogens is 1. The third-order valence-electron chi connectivity index (χ3n) is 4.80. The van der Waals surface area contributed by atoms with Crippen molar-refractivity contribution in [3.05, 3.63) is 108 Å². The minimum absolute atomic E-state index is 0.322. The van der Waals surface area contributed by atoms with Gasteiger partial charge in [-0.1, -0.05) is 43.0 Å². The van der Waals surface area contributed by atoms with Gasteiger partial charge in [0.15, 0.2) is 0 Å². The highest BCUT2D eigenvalue weighted by Crippen LogP contribution is 2.24. The molecule has 0 fully saturated rings. The van der Waals surface area contributed by atoms with Crippen LogP contribution in [0.15, 0.2) is 90.8 Å². The number of nitrogens with two attached hydrogens (primary N) is 1. The van der Waals surface area contributed by atoms with Gasteiger partial charge >= 0.3 is 0 Å². The summed E-state index contributed by atoms with van der Waals surface area (Å²) >= 11 is 0. The summed E-state index contributed by atoms with van der Waals surface area (Å²) in [6, 6.07) is 20.9. The average Bonchev–Trinajstić information content (AvgIpc) is 2.77. The summed E-state index contributed by atoms with van der Waals surface area (Å²) in [7, 11) is 1.84. The summed E-state index contributed by atoms with van der Waals surface area (Å²) in [6.45, 7) is 6.27. The minimum Gasteiger partial charge on any atom is -0.400 e. The van der Waals surface area contributed by atoms with Crippen molar-refractivity contribution in [1.82, 2.24) is 4.98 Å². The van der Waals surface area contributed by atoms with Crippen LogP contribution in [0.4, 0.5) is 11.4 Å². The van der Waals surface area contributed by atoms with Crippen LogP contribution in [0.1, 0.15) is 16.8 Å². The highest BCUT2D eigenvalue weighted by atomic mass is 15.0. The first kappa shape index (κ1) is 20.9. The van der Waals surface area contributed by atoms with E-state index in [4.69, 9.17) is 11.1 Å². The van der Waals surface area contributed by atoms with Crippen molar-refractivity contribution in [1.29, 1.82) is 5.41 Å². The Morgan fingerprint density at radius 2 is 1.87 bits per heavy atom. The van der Waals surface area contributed by atoms with Crippen molar-refractivity contribution in [3.8, 4) is 0 Å². The Morgan fingerprint density at radius 1 is 1.10 bits per heavy atom. The maximum atomic E-state index is 8.81. The van der Waals surface area contributed by atoms with Gasteiger partial charge in [-0.15, -0.1) is 0 Å². The van der Waals surface area contributed by atoms with Crippen LogP contribution in [0, 0.1) is 12.3 Å². The van der Waals surface area contributed by atoms with E-state index in [0.717, 1.165) is 28.2 Å². The number of hydrogen-bond acceptors (Lipinski definition) is 5. The van der Waals surface area contributed by atoms with Gasteiger partial charge in [0, 0.05) is 35.9 Å². The van der Waals surface area contributed by atoms with E-state index in [-0.39, 0.29) is 0 Å². The molecule has 0 aliphatic heterocycles. The first-order valence-electron chi connectivity index (χ1n) is 9.75. The molecule has 30 heavy (non-hydrogen) atoms. The first-order valence-corrected chi connectivity index (χ1v) is 9.75. The summed E-state index contributed by atoms with van der Waals surface area (Å²) in [5.74, 6) is 0. The number of benzene rings is 2. The Hall–Kier alpha value is -3.86. The van der Waals surface area contributed by atoms with E-state index in [2.05, 4.69) is 22.2 Å². The number of nitrogens with zero attached hydrogens (tertiary/aromatic N) is 1. The Morgan fingerprint density at radius 3 is 2.57 bits per heavy atom. The van der Waals surface area contributed by atoms with Crippen LogP contribution >= 0.6 is 0 Å². The molecule has 152 valence electrons. The smallest absolute Gasteiger partial charge is 0.0928 e. The number of rotatable bonds is 8. The maximum absolute atomic E-state index is 8.81. The topological polar surface area (TPSA) is 86.8 Å². The summed E-state index contributed by atoms with van der Waals surface area (Å²) in [4.78, 5) is 4.33. The SMILES string of the molecule is C=C(C(=N)c1ccccc1NC)C(Nc1cccc(C)c1)C(N)=Cc1ccccn1. The Balaban J connectivity index is 1.98. The van der Waals surface area contributed by atoms with Gasteiger partial charge in [-0.2, -0.15) is 0 Å². The molecule has 1 aromatic heterocycles. The van der Waals surface area contributed by atoms with E-state index in [1.54, 1.807) is 6.20 Å². The Kier molecular flexibility index (Phi) is 6.65. The lowest BCUT2D eigenvalue weighted by Gasteiger charge is -2.24. The van der Waals surface area contributed by atoms with Gasteiger partial charge in [-0.05, 0) is 54.5 Å². The fourth-order valence-corrected chi connectivity index (χ4v) is 3.23. The lowest BCUT2D eigenvalue weighted by Crippen LogP contribution is -2.32. The predicted octanol–water partition coefficient (Wildman–Crippen LogP) is 4.84. The molecular weight excluding hydrogens is 370 g/mol. The van der Waals surface area contributed by atoms with Crippen LogP contribution in [0.2, 0.25) is 0 Å². The van der Waals surface area contributed by atoms with Gasteiger partial charge < -0.3 is 16.4 Å². The molecule has 1 atom stereocenters. The normalized spacial score (nSPS) is 12.1. The van der Waals surface area contributed by atoms with E-state index >= 15 is 0 Å². The molecule has 0 aliphatic carbocycles. The molecule has 0 spiro atoms. The number of hydrogen-bond donors (Lipinski definition) is 4. The lowest BCUT2D eigenvalue weighted by molar-refractivity contribution is 0.974. The molecule has 1 heterocycles. The van der Waals surface area contributed by atoms with Crippen LogP contribution in [0.5, 0.6) is 0 Å². The van der Waals surface area contributed by atoms with Gasteiger partial charge in [-0.3, -0.25) is 10.4 Å². The third kappa shape index (κ3) is 4.94. The molecule has 0 radical (unpaired) electrons. The lowest BCUT2D eigenvalue weighted by atomic mass is 9.94. The molecule has 0 aliphatic rings. The number of nitrogens with one attached hydrogen (secondary N) is 3. The van der Waals surface area contributed by atoms with Crippen LogP contribution < -0.4 is 16.4 Å². The monoisotopic (exact) mass is 397 g/mol. The largest absolute Gasteiger partial charge is 0.400 e. The highest BCUT2D eigenvalue weighted by molar-refractivity contribution is 6.14. The molecule has 1 unspecified atom stereocenters. The van der Waals surface area contributed by atoms with E-state index in [9.17, 15) is 0 Å². The van der Waals surface area contributed by atoms with E-state index in [0.29, 0.717) is 17.0 Å². The van der Waals surface area contributed by atoms with Crippen LogP contribution in [0.3, 0.4) is 0 Å². The van der Waals surface area contributed by atoms with Gasteiger partial charge in [0.1, 0.15) is 0 Å². The number of pyridine rings is 1. The molecule has 5 N–H and O–H groups in total. The molecule has 5 nitrogen and oxygen atoms in total. The number of aryl methyl sites for hydroxylation is 1. The van der Waals surface area contributed by atoms with Crippen molar-refractivity contribution in [2.75, 3.05) is 17.7 Å². The second-order valence-corrected chi connectivity index (χ2v) is 7.04. The second kappa shape index (κ2) is 9.56. The molecule has 0 saturated carbocycles. The van der Waals surface area contributed by atoms with Gasteiger partial charge in [0.2, 0.25) is 0 Å². The predicted molar refractivity (Wildman–Crippen MR) is 127 cm³/mol. The molecular formula is C25H27N5. The van der Waals surface area contributed by atoms with E-state index in [1.807, 2.05) is 86.8 Å². The zero-order valence-corrected chi connectivity index (χ0v) is 17.3. The quantitative estimate of drug-likeness (QED) is 0.410. The Labute approximate surface area is 177 Å². The fraction of sp³-hybridized carbons (Fsp3) is 0.120. The summed E-state index contributed by atoms with van der Waals surface area (Å²) in [6.07, 6.45) is 3.54. The third-order valence-corrected chi connectivity index (χ3v) is 4.80. The zero-order valence-electron chi connectivity index (χ0n) is 17.3. The standard InChI is InChI=1S/C25H27N5/c1-17-9-8-11-20(15-17)30-25(22(26)16-19-10-6-7-14-29-19)18(2)24(27)21-12-4-5-13-23(21)28-3/h4-16,25,27-28,30H,2,26H2,1,3H3. The van der Waals surface area contributed by atoms with Crippen molar-refractivity contribution in [3.63, 3.8) is 0 Å². The second-order valence-electron chi connectivity index (χ2n) is 7.04. The molecule has 0 amide bonds. The highest BCUT2D eigenvalue weighted by Gasteiger charge is 2.22. The van der Waals surface area contributed by atoms with Crippen molar-refractivity contribution in [2.24, 2.45) is 5.73 Å². The molecule has 2 aromatic carbocycles. The average molecular weight is 398 g/mol. The summed E-state index contributed by atoms with van der Waals surface area (Å²) in [5, 5.41) is 15.4. The van der Waals surface area contributed by atoms with Crippen molar-refractivity contribution >= 4 is 23.2 Å². The van der Waals surface area contributed by atoms with Gasteiger partial charge in [0.05, 0.1) is 17.4 Å². The Bertz CT molecular complexity index is 1070. The van der Waals surface area contributed by atoms with Crippen molar-refractivity contribution < 1.29 is 0 Å². The maximum Gasteiger partial charge on any atom is 0.0928 e. The molecule has 3 rings (SSSR count).